The van der Waals surface area contributed by atoms with Gasteiger partial charge in [-0.05, 0) is 39.9 Å². The third-order valence-corrected chi connectivity index (χ3v) is 5.36. The molecule has 0 unspecified atom stereocenters. The Balaban J connectivity index is 1.40. The summed E-state index contributed by atoms with van der Waals surface area (Å²) in [7, 11) is 0. The van der Waals surface area contributed by atoms with Gasteiger partial charge in [-0.1, -0.05) is 60.7 Å². The molecule has 0 saturated carbocycles. The van der Waals surface area contributed by atoms with Crippen molar-refractivity contribution in [3.05, 3.63) is 95.3 Å². The van der Waals surface area contributed by atoms with Gasteiger partial charge in [0.05, 0.1) is 5.92 Å². The summed E-state index contributed by atoms with van der Waals surface area (Å²) in [4.78, 5) is 23.8. The van der Waals surface area contributed by atoms with E-state index in [4.69, 9.17) is 4.74 Å². The first kappa shape index (κ1) is 19.6. The second-order valence-electron chi connectivity index (χ2n) is 7.15. The quantitative estimate of drug-likeness (QED) is 0.632. The van der Waals surface area contributed by atoms with Crippen molar-refractivity contribution in [2.75, 3.05) is 13.2 Å². The molecule has 1 aliphatic carbocycles. The third kappa shape index (κ3) is 3.89. The number of amides is 1. The van der Waals surface area contributed by atoms with Gasteiger partial charge < -0.3 is 15.2 Å². The molecule has 0 aliphatic heterocycles. The molecule has 1 aliphatic rings. The van der Waals surface area contributed by atoms with E-state index >= 15 is 0 Å². The van der Waals surface area contributed by atoms with E-state index in [2.05, 4.69) is 5.32 Å². The first-order valence-corrected chi connectivity index (χ1v) is 9.61. The van der Waals surface area contributed by atoms with Crippen LogP contribution in [0.3, 0.4) is 0 Å². The maximum Gasteiger partial charge on any atom is 0.407 e. The molecule has 4 rings (SSSR count). The van der Waals surface area contributed by atoms with Crippen LogP contribution in [0.1, 0.15) is 28.5 Å². The SMILES string of the molecule is O=C(NC[C@@H](C(=O)O)c1ccc(F)cc1)OCC1c2ccccc2-c2ccccc21. The third-order valence-electron chi connectivity index (χ3n) is 5.36. The Bertz CT molecular complexity index is 1040. The maximum atomic E-state index is 13.1. The van der Waals surface area contributed by atoms with Crippen molar-refractivity contribution in [2.45, 2.75) is 11.8 Å². The number of ether oxygens (including phenoxy) is 1. The van der Waals surface area contributed by atoms with Crippen molar-refractivity contribution < 1.29 is 23.8 Å². The Labute approximate surface area is 173 Å². The summed E-state index contributed by atoms with van der Waals surface area (Å²) in [5.74, 6) is -2.63. The number of halogens is 1. The molecule has 0 fully saturated rings. The highest BCUT2D eigenvalue weighted by atomic mass is 19.1. The molecule has 0 aromatic heterocycles. The van der Waals surface area contributed by atoms with Gasteiger partial charge in [0, 0.05) is 12.5 Å². The number of hydrogen-bond donors (Lipinski definition) is 2. The molecule has 0 bridgehead atoms. The van der Waals surface area contributed by atoms with Crippen molar-refractivity contribution in [3.8, 4) is 11.1 Å². The van der Waals surface area contributed by atoms with Crippen LogP contribution in [0.2, 0.25) is 0 Å². The fourth-order valence-corrected chi connectivity index (χ4v) is 3.88. The molecule has 152 valence electrons. The number of nitrogens with one attached hydrogen (secondary N) is 1. The fourth-order valence-electron chi connectivity index (χ4n) is 3.88. The standard InChI is InChI=1S/C24H20FNO4/c25-16-11-9-15(10-12-16)21(23(27)28)13-26-24(29)30-14-22-19-7-3-1-5-17(19)18-6-2-4-8-20(18)22/h1-12,21-22H,13-14H2,(H,26,29)(H,27,28)/t21-/m1/s1. The summed E-state index contributed by atoms with van der Waals surface area (Å²) < 4.78 is 18.5. The summed E-state index contributed by atoms with van der Waals surface area (Å²) in [6.07, 6.45) is -0.690. The van der Waals surface area contributed by atoms with Gasteiger partial charge in [0.25, 0.3) is 0 Å². The number of carbonyl (C=O) groups is 2. The number of hydrogen-bond acceptors (Lipinski definition) is 3. The maximum absolute atomic E-state index is 13.1. The van der Waals surface area contributed by atoms with Gasteiger partial charge in [0.15, 0.2) is 0 Å². The van der Waals surface area contributed by atoms with Crippen molar-refractivity contribution in [2.24, 2.45) is 0 Å². The first-order valence-electron chi connectivity index (χ1n) is 9.61. The zero-order chi connectivity index (χ0) is 21.1. The number of rotatable bonds is 6. The van der Waals surface area contributed by atoms with Crippen LogP contribution >= 0.6 is 0 Å². The molecule has 1 amide bonds. The number of alkyl carbamates (subject to hydrolysis) is 1. The highest BCUT2D eigenvalue weighted by molar-refractivity contribution is 5.79. The van der Waals surface area contributed by atoms with Crippen LogP contribution in [-0.4, -0.2) is 30.3 Å². The minimum absolute atomic E-state index is 0.0736. The summed E-state index contributed by atoms with van der Waals surface area (Å²) in [6, 6.07) is 21.2. The van der Waals surface area contributed by atoms with Gasteiger partial charge in [-0.3, -0.25) is 4.79 Å². The molecule has 3 aromatic carbocycles. The summed E-state index contributed by atoms with van der Waals surface area (Å²) in [5, 5.41) is 12.0. The number of carboxylic acids is 1. The Morgan fingerprint density at radius 1 is 0.933 bits per heavy atom. The minimum atomic E-state index is -1.11. The largest absolute Gasteiger partial charge is 0.481 e. The number of aliphatic carboxylic acids is 1. The van der Waals surface area contributed by atoms with Crippen molar-refractivity contribution in [1.29, 1.82) is 0 Å². The van der Waals surface area contributed by atoms with E-state index in [0.29, 0.717) is 5.56 Å². The minimum Gasteiger partial charge on any atom is -0.481 e. The molecule has 6 heteroatoms. The van der Waals surface area contributed by atoms with E-state index in [1.54, 1.807) is 0 Å². The lowest BCUT2D eigenvalue weighted by atomic mass is 9.98. The second-order valence-corrected chi connectivity index (χ2v) is 7.15. The van der Waals surface area contributed by atoms with Crippen LogP contribution in [0.25, 0.3) is 11.1 Å². The van der Waals surface area contributed by atoms with Crippen molar-refractivity contribution in [3.63, 3.8) is 0 Å². The Hall–Kier alpha value is -3.67. The molecule has 0 radical (unpaired) electrons. The lowest BCUT2D eigenvalue weighted by Crippen LogP contribution is -2.32. The topological polar surface area (TPSA) is 75.6 Å². The zero-order valence-electron chi connectivity index (χ0n) is 16.0. The van der Waals surface area contributed by atoms with Crippen LogP contribution in [0.5, 0.6) is 0 Å². The van der Waals surface area contributed by atoms with Crippen molar-refractivity contribution >= 4 is 12.1 Å². The fraction of sp³-hybridized carbons (Fsp3) is 0.167. The normalized spacial score (nSPS) is 13.2. The number of benzene rings is 3. The van der Waals surface area contributed by atoms with E-state index in [9.17, 15) is 19.1 Å². The molecular formula is C24H20FNO4. The monoisotopic (exact) mass is 405 g/mol. The average Bonchev–Trinajstić information content (AvgIpc) is 3.07. The van der Waals surface area contributed by atoms with Crippen LogP contribution in [-0.2, 0) is 9.53 Å². The van der Waals surface area contributed by atoms with Gasteiger partial charge in [-0.25, -0.2) is 9.18 Å². The van der Waals surface area contributed by atoms with E-state index in [0.717, 1.165) is 22.3 Å². The molecule has 0 saturated heterocycles. The van der Waals surface area contributed by atoms with Gasteiger partial charge in [-0.2, -0.15) is 0 Å². The molecule has 5 nitrogen and oxygen atoms in total. The average molecular weight is 405 g/mol. The number of carboxylic acid groups (broad SMARTS) is 1. The van der Waals surface area contributed by atoms with E-state index in [-0.39, 0.29) is 19.1 Å². The molecule has 2 N–H and O–H groups in total. The highest BCUT2D eigenvalue weighted by Gasteiger charge is 2.29. The zero-order valence-corrected chi connectivity index (χ0v) is 16.0. The predicted octanol–water partition coefficient (Wildman–Crippen LogP) is 4.53. The predicted molar refractivity (Wildman–Crippen MR) is 110 cm³/mol. The van der Waals surface area contributed by atoms with Gasteiger partial charge in [0.1, 0.15) is 12.4 Å². The Kier molecular flexibility index (Phi) is 5.48. The first-order chi connectivity index (χ1) is 14.5. The van der Waals surface area contributed by atoms with Gasteiger partial charge >= 0.3 is 12.1 Å². The summed E-state index contributed by atoms with van der Waals surface area (Å²) in [5.41, 5.74) is 4.86. The van der Waals surface area contributed by atoms with Crippen LogP contribution in [0, 0.1) is 5.82 Å². The Morgan fingerprint density at radius 2 is 1.50 bits per heavy atom. The van der Waals surface area contributed by atoms with Crippen molar-refractivity contribution in [1.82, 2.24) is 5.32 Å². The summed E-state index contributed by atoms with van der Waals surface area (Å²) in [6.45, 7) is -0.00815. The Morgan fingerprint density at radius 3 is 2.07 bits per heavy atom. The van der Waals surface area contributed by atoms with Crippen LogP contribution in [0.4, 0.5) is 9.18 Å². The molecule has 0 spiro atoms. The smallest absolute Gasteiger partial charge is 0.407 e. The van der Waals surface area contributed by atoms with Gasteiger partial charge in [0.2, 0.25) is 0 Å². The lowest BCUT2D eigenvalue weighted by Gasteiger charge is -2.16. The van der Waals surface area contributed by atoms with Crippen LogP contribution < -0.4 is 5.32 Å². The van der Waals surface area contributed by atoms with E-state index in [1.165, 1.54) is 24.3 Å². The molecule has 30 heavy (non-hydrogen) atoms. The summed E-state index contributed by atoms with van der Waals surface area (Å²) >= 11 is 0. The van der Waals surface area contributed by atoms with Gasteiger partial charge in [-0.15, -0.1) is 0 Å². The highest BCUT2D eigenvalue weighted by Crippen LogP contribution is 2.44. The van der Waals surface area contributed by atoms with E-state index < -0.39 is 23.8 Å². The van der Waals surface area contributed by atoms with Crippen LogP contribution in [0.15, 0.2) is 72.8 Å². The second kappa shape index (κ2) is 8.37. The number of fused-ring (bicyclic) bond motifs is 3. The lowest BCUT2D eigenvalue weighted by molar-refractivity contribution is -0.138. The molecule has 1 atom stereocenters. The molecular weight excluding hydrogens is 385 g/mol. The number of carbonyl (C=O) groups excluding carboxylic acids is 1. The van der Waals surface area contributed by atoms with E-state index in [1.807, 2.05) is 48.5 Å². The molecule has 0 heterocycles. The molecule has 3 aromatic rings.